The van der Waals surface area contributed by atoms with Crippen molar-refractivity contribution in [3.8, 4) is 17.2 Å². The highest BCUT2D eigenvalue weighted by molar-refractivity contribution is 7.92. The number of aromatic nitrogens is 2. The molecule has 1 N–H and O–H groups in total. The van der Waals surface area contributed by atoms with Crippen LogP contribution in [-0.4, -0.2) is 18.2 Å². The number of benzene rings is 3. The summed E-state index contributed by atoms with van der Waals surface area (Å²) in [7, 11) is -3.87. The van der Waals surface area contributed by atoms with E-state index >= 15 is 0 Å². The zero-order valence-corrected chi connectivity index (χ0v) is 18.4. The number of rotatable bonds is 7. The summed E-state index contributed by atoms with van der Waals surface area (Å²) < 4.78 is 30.1. The largest absolute Gasteiger partial charge is 0.263 e. The van der Waals surface area contributed by atoms with Gasteiger partial charge in [0.05, 0.1) is 10.5 Å². The van der Waals surface area contributed by atoms with Crippen LogP contribution in [0.2, 0.25) is 0 Å². The van der Waals surface area contributed by atoms with Gasteiger partial charge in [-0.2, -0.15) is 10.4 Å². The first-order valence-electron chi connectivity index (χ1n) is 10.2. The fourth-order valence-electron chi connectivity index (χ4n) is 3.47. The van der Waals surface area contributed by atoms with Crippen molar-refractivity contribution in [2.75, 3.05) is 4.72 Å². The van der Waals surface area contributed by atoms with Crippen LogP contribution in [0.3, 0.4) is 0 Å². The Kier molecular flexibility index (Phi) is 6.06. The molecule has 0 saturated carbocycles. The third-order valence-electron chi connectivity index (χ3n) is 5.14. The Morgan fingerprint density at radius 1 is 0.938 bits per heavy atom. The maximum atomic E-state index is 13.0. The Balaban J connectivity index is 1.77. The summed E-state index contributed by atoms with van der Waals surface area (Å²) in [6.45, 7) is 2.41. The number of sulfonamides is 1. The van der Waals surface area contributed by atoms with Gasteiger partial charge in [0.15, 0.2) is 5.82 Å². The topological polar surface area (TPSA) is 87.8 Å². The van der Waals surface area contributed by atoms with Crippen LogP contribution in [0.25, 0.3) is 11.1 Å². The van der Waals surface area contributed by atoms with Gasteiger partial charge in [-0.3, -0.25) is 9.40 Å². The molecule has 0 aliphatic carbocycles. The summed E-state index contributed by atoms with van der Waals surface area (Å²) in [5.41, 5.74) is 3.69. The lowest BCUT2D eigenvalue weighted by atomic mass is 10.0. The number of nitriles is 1. The number of aryl methyl sites for hydroxylation is 3. The van der Waals surface area contributed by atoms with Crippen LogP contribution in [0.5, 0.6) is 0 Å². The lowest BCUT2D eigenvalue weighted by Crippen LogP contribution is -2.14. The van der Waals surface area contributed by atoms with Gasteiger partial charge in [0.1, 0.15) is 11.8 Å². The van der Waals surface area contributed by atoms with E-state index < -0.39 is 10.0 Å². The Morgan fingerprint density at radius 3 is 2.19 bits per heavy atom. The Morgan fingerprint density at radius 2 is 1.56 bits per heavy atom. The summed E-state index contributed by atoms with van der Waals surface area (Å²) in [6.07, 6.45) is 0.662. The zero-order valence-electron chi connectivity index (χ0n) is 17.6. The molecule has 32 heavy (non-hydrogen) atoms. The quantitative estimate of drug-likeness (QED) is 0.446. The lowest BCUT2D eigenvalue weighted by Gasteiger charge is -2.08. The highest BCUT2D eigenvalue weighted by Gasteiger charge is 2.24. The minimum atomic E-state index is -3.87. The van der Waals surface area contributed by atoms with Gasteiger partial charge >= 0.3 is 0 Å². The van der Waals surface area contributed by atoms with E-state index in [4.69, 9.17) is 0 Å². The molecule has 0 fully saturated rings. The predicted molar refractivity (Wildman–Crippen MR) is 125 cm³/mol. The SMILES string of the molecule is Cc1ccc(-c2c(NS(=O)(=O)c3ccccc3)nn(CCc3ccccc3)c2C#N)cc1. The number of nitrogens with zero attached hydrogens (tertiary/aromatic N) is 3. The average molecular weight is 443 g/mol. The van der Waals surface area contributed by atoms with Crippen molar-refractivity contribution < 1.29 is 8.42 Å². The molecule has 0 unspecified atom stereocenters. The van der Waals surface area contributed by atoms with Gasteiger partial charge < -0.3 is 0 Å². The predicted octanol–water partition coefficient (Wildman–Crippen LogP) is 4.77. The second-order valence-corrected chi connectivity index (χ2v) is 9.11. The molecule has 1 aromatic heterocycles. The summed E-state index contributed by atoms with van der Waals surface area (Å²) in [6, 6.07) is 27.8. The number of nitrogens with one attached hydrogen (secondary N) is 1. The van der Waals surface area contributed by atoms with E-state index in [0.717, 1.165) is 16.7 Å². The molecular weight excluding hydrogens is 420 g/mol. The van der Waals surface area contributed by atoms with E-state index in [1.54, 1.807) is 22.9 Å². The fourth-order valence-corrected chi connectivity index (χ4v) is 4.50. The van der Waals surface area contributed by atoms with Crippen molar-refractivity contribution >= 4 is 15.8 Å². The van der Waals surface area contributed by atoms with Crippen molar-refractivity contribution in [1.82, 2.24) is 9.78 Å². The maximum absolute atomic E-state index is 13.0. The normalized spacial score (nSPS) is 11.1. The van der Waals surface area contributed by atoms with Crippen molar-refractivity contribution in [3.63, 3.8) is 0 Å². The second kappa shape index (κ2) is 9.08. The smallest absolute Gasteiger partial charge is 0.261 e. The summed E-state index contributed by atoms with van der Waals surface area (Å²) >= 11 is 0. The molecule has 0 saturated heterocycles. The lowest BCUT2D eigenvalue weighted by molar-refractivity contribution is 0.598. The minimum Gasteiger partial charge on any atom is -0.261 e. The van der Waals surface area contributed by atoms with Crippen LogP contribution in [0.4, 0.5) is 5.82 Å². The van der Waals surface area contributed by atoms with Gasteiger partial charge in [-0.25, -0.2) is 8.42 Å². The number of hydrogen-bond donors (Lipinski definition) is 1. The van der Waals surface area contributed by atoms with Gasteiger partial charge in [0.25, 0.3) is 10.0 Å². The van der Waals surface area contributed by atoms with Crippen LogP contribution in [0, 0.1) is 18.3 Å². The fraction of sp³-hybridized carbons (Fsp3) is 0.120. The second-order valence-electron chi connectivity index (χ2n) is 7.43. The monoisotopic (exact) mass is 442 g/mol. The molecule has 160 valence electrons. The summed E-state index contributed by atoms with van der Waals surface area (Å²) in [5, 5.41) is 14.5. The third-order valence-corrected chi connectivity index (χ3v) is 6.49. The molecule has 0 spiro atoms. The van der Waals surface area contributed by atoms with Gasteiger partial charge in [-0.15, -0.1) is 0 Å². The van der Waals surface area contributed by atoms with Crippen LogP contribution < -0.4 is 4.72 Å². The van der Waals surface area contributed by atoms with Crippen LogP contribution in [-0.2, 0) is 23.0 Å². The van der Waals surface area contributed by atoms with E-state index in [9.17, 15) is 13.7 Å². The van der Waals surface area contributed by atoms with Crippen LogP contribution in [0.15, 0.2) is 89.8 Å². The molecule has 0 aliphatic heterocycles. The highest BCUT2D eigenvalue weighted by Crippen LogP contribution is 2.33. The Labute approximate surface area is 187 Å². The maximum Gasteiger partial charge on any atom is 0.263 e. The molecular formula is C25H22N4O2S. The molecule has 0 amide bonds. The molecule has 0 radical (unpaired) electrons. The number of anilines is 1. The summed E-state index contributed by atoms with van der Waals surface area (Å²) in [4.78, 5) is 0.132. The van der Waals surface area contributed by atoms with Gasteiger partial charge in [-0.1, -0.05) is 78.4 Å². The number of hydrogen-bond acceptors (Lipinski definition) is 4. The molecule has 4 aromatic rings. The molecule has 4 rings (SSSR count). The van der Waals surface area contributed by atoms with Crippen molar-refractivity contribution in [2.24, 2.45) is 0 Å². The van der Waals surface area contributed by atoms with E-state index in [1.807, 2.05) is 61.5 Å². The van der Waals surface area contributed by atoms with Crippen LogP contribution >= 0.6 is 0 Å². The highest BCUT2D eigenvalue weighted by atomic mass is 32.2. The van der Waals surface area contributed by atoms with Crippen molar-refractivity contribution in [3.05, 3.63) is 102 Å². The van der Waals surface area contributed by atoms with Gasteiger partial charge in [-0.05, 0) is 36.6 Å². The van der Waals surface area contributed by atoms with Gasteiger partial charge in [0, 0.05) is 6.54 Å². The first-order valence-corrected chi connectivity index (χ1v) is 11.7. The van der Waals surface area contributed by atoms with Gasteiger partial charge in [0.2, 0.25) is 0 Å². The first kappa shape index (κ1) is 21.3. The van der Waals surface area contributed by atoms with Crippen LogP contribution in [0.1, 0.15) is 16.8 Å². The van der Waals surface area contributed by atoms with Crippen molar-refractivity contribution in [2.45, 2.75) is 24.8 Å². The van der Waals surface area contributed by atoms with E-state index in [2.05, 4.69) is 15.9 Å². The molecule has 7 heteroatoms. The summed E-state index contributed by atoms with van der Waals surface area (Å²) in [5.74, 6) is 0.141. The Bertz CT molecular complexity index is 1360. The molecule has 3 aromatic carbocycles. The molecule has 0 atom stereocenters. The van der Waals surface area contributed by atoms with E-state index in [0.29, 0.717) is 24.2 Å². The standard InChI is InChI=1S/C25H22N4O2S/c1-19-12-14-21(15-13-19)24-23(18-26)29(17-16-20-8-4-2-5-9-20)27-25(24)28-32(30,31)22-10-6-3-7-11-22/h2-15H,16-17H2,1H3,(H,27,28). The molecule has 1 heterocycles. The van der Waals surface area contributed by atoms with E-state index in [-0.39, 0.29) is 10.7 Å². The third kappa shape index (κ3) is 4.56. The average Bonchev–Trinajstić information content (AvgIpc) is 3.16. The molecule has 0 bridgehead atoms. The minimum absolute atomic E-state index is 0.132. The zero-order chi connectivity index (χ0) is 22.6. The molecule has 0 aliphatic rings. The molecule has 6 nitrogen and oxygen atoms in total. The first-order chi connectivity index (χ1) is 15.5. The van der Waals surface area contributed by atoms with E-state index in [1.165, 1.54) is 12.1 Å². The van der Waals surface area contributed by atoms with Crippen molar-refractivity contribution in [1.29, 1.82) is 5.26 Å². The Hall–Kier alpha value is -3.89.